The molecule has 12 heteroatoms. The number of fused-ring (bicyclic) bond motifs is 1. The summed E-state index contributed by atoms with van der Waals surface area (Å²) in [5.41, 5.74) is -0.467. The minimum absolute atomic E-state index is 0.00876. The van der Waals surface area contributed by atoms with Gasteiger partial charge in [-0.15, -0.1) is 0 Å². The maximum atomic E-state index is 13.6. The van der Waals surface area contributed by atoms with Gasteiger partial charge in [-0.3, -0.25) is 18.7 Å². The van der Waals surface area contributed by atoms with E-state index in [2.05, 4.69) is 0 Å². The highest BCUT2D eigenvalue weighted by molar-refractivity contribution is 6.33. The Labute approximate surface area is 213 Å². The lowest BCUT2D eigenvalue weighted by atomic mass is 10.2. The molecule has 1 aliphatic heterocycles. The van der Waals surface area contributed by atoms with E-state index >= 15 is 0 Å². The lowest BCUT2D eigenvalue weighted by Gasteiger charge is -2.24. The standard InChI is InChI=1S/C24H20Cl2N4O6/c25-14-5-7-15(8-6-14)30-20-22(27-21(30)17-3-1-2-4-18(17)26)28(11-16-13-35-9-10-36-16)24(34)29(23(20)33)12-19(31)32/h1-8,16H,9-13H2,(H,31,32). The molecule has 0 radical (unpaired) electrons. The molecule has 1 saturated heterocycles. The molecule has 186 valence electrons. The average molecular weight is 531 g/mol. The van der Waals surface area contributed by atoms with E-state index in [1.54, 1.807) is 53.1 Å². The topological polar surface area (TPSA) is 118 Å². The molecule has 0 saturated carbocycles. The van der Waals surface area contributed by atoms with Crippen molar-refractivity contribution in [2.75, 3.05) is 19.8 Å². The number of halogens is 2. The van der Waals surface area contributed by atoms with Gasteiger partial charge in [0, 0.05) is 16.3 Å². The van der Waals surface area contributed by atoms with Crippen LogP contribution in [0.1, 0.15) is 0 Å². The van der Waals surface area contributed by atoms with Crippen LogP contribution in [0.25, 0.3) is 28.2 Å². The number of carbonyl (C=O) groups is 1. The zero-order chi connectivity index (χ0) is 25.4. The average Bonchev–Trinajstić information content (AvgIpc) is 3.26. The van der Waals surface area contributed by atoms with E-state index in [1.807, 2.05) is 0 Å². The van der Waals surface area contributed by atoms with Crippen LogP contribution in [0.5, 0.6) is 0 Å². The van der Waals surface area contributed by atoms with Crippen molar-refractivity contribution in [1.29, 1.82) is 0 Å². The summed E-state index contributed by atoms with van der Waals surface area (Å²) in [5, 5.41) is 10.3. The summed E-state index contributed by atoms with van der Waals surface area (Å²) in [6.07, 6.45) is -0.486. The molecule has 5 rings (SSSR count). The first-order valence-electron chi connectivity index (χ1n) is 11.0. The van der Waals surface area contributed by atoms with Crippen LogP contribution in [0.3, 0.4) is 0 Å². The Balaban J connectivity index is 1.88. The van der Waals surface area contributed by atoms with Crippen LogP contribution < -0.4 is 11.2 Å². The van der Waals surface area contributed by atoms with Gasteiger partial charge in [0.25, 0.3) is 5.56 Å². The Morgan fingerprint density at radius 2 is 1.81 bits per heavy atom. The molecule has 2 aromatic heterocycles. The van der Waals surface area contributed by atoms with Crippen molar-refractivity contribution in [2.24, 2.45) is 0 Å². The van der Waals surface area contributed by atoms with Crippen molar-refractivity contribution in [3.63, 3.8) is 0 Å². The van der Waals surface area contributed by atoms with E-state index in [4.69, 9.17) is 37.7 Å². The normalized spacial score (nSPS) is 15.9. The van der Waals surface area contributed by atoms with E-state index in [0.717, 1.165) is 0 Å². The van der Waals surface area contributed by atoms with Gasteiger partial charge in [-0.1, -0.05) is 35.3 Å². The third kappa shape index (κ3) is 4.44. The number of carboxylic acid groups (broad SMARTS) is 1. The van der Waals surface area contributed by atoms with Gasteiger partial charge in [-0.05, 0) is 36.4 Å². The smallest absolute Gasteiger partial charge is 0.333 e. The summed E-state index contributed by atoms with van der Waals surface area (Å²) >= 11 is 12.6. The van der Waals surface area contributed by atoms with Gasteiger partial charge in [0.05, 0.1) is 37.5 Å². The molecule has 4 aromatic rings. The fraction of sp³-hybridized carbons (Fsp3) is 0.250. The van der Waals surface area contributed by atoms with Crippen LogP contribution >= 0.6 is 23.2 Å². The first kappa shape index (κ1) is 24.3. The van der Waals surface area contributed by atoms with Gasteiger partial charge in [-0.2, -0.15) is 0 Å². The Bertz CT molecular complexity index is 1570. The number of carboxylic acids is 1. The molecule has 1 N–H and O–H groups in total. The highest BCUT2D eigenvalue weighted by atomic mass is 35.5. The van der Waals surface area contributed by atoms with Crippen molar-refractivity contribution in [2.45, 2.75) is 19.2 Å². The Hall–Kier alpha value is -3.44. The van der Waals surface area contributed by atoms with Gasteiger partial charge in [0.2, 0.25) is 0 Å². The van der Waals surface area contributed by atoms with Crippen LogP contribution in [-0.2, 0) is 27.4 Å². The lowest BCUT2D eigenvalue weighted by Crippen LogP contribution is -2.44. The monoisotopic (exact) mass is 530 g/mol. The van der Waals surface area contributed by atoms with Crippen LogP contribution in [-0.4, -0.2) is 55.7 Å². The SMILES string of the molecule is O=C(O)Cn1c(=O)c2c(nc(-c3ccccc3Cl)n2-c2ccc(Cl)cc2)n(CC2COCCO2)c1=O. The highest BCUT2D eigenvalue weighted by Gasteiger charge is 2.27. The highest BCUT2D eigenvalue weighted by Crippen LogP contribution is 2.32. The number of hydrogen-bond acceptors (Lipinski definition) is 6. The van der Waals surface area contributed by atoms with E-state index in [0.29, 0.717) is 44.9 Å². The number of ether oxygens (including phenoxy) is 2. The quantitative estimate of drug-likeness (QED) is 0.407. The summed E-state index contributed by atoms with van der Waals surface area (Å²) in [6.45, 7) is 0.210. The second kappa shape index (κ2) is 9.90. The van der Waals surface area contributed by atoms with Gasteiger partial charge in [-0.25, -0.2) is 14.3 Å². The molecule has 2 aromatic carbocycles. The van der Waals surface area contributed by atoms with Crippen LogP contribution in [0.15, 0.2) is 58.1 Å². The summed E-state index contributed by atoms with van der Waals surface area (Å²) < 4.78 is 14.7. The number of imidazole rings is 1. The van der Waals surface area contributed by atoms with Crippen molar-refractivity contribution in [3.8, 4) is 17.1 Å². The molecule has 1 aliphatic rings. The molecular formula is C24H20Cl2N4O6. The molecule has 0 spiro atoms. The minimum atomic E-state index is -1.33. The molecule has 0 aliphatic carbocycles. The van der Waals surface area contributed by atoms with E-state index in [1.165, 1.54) is 4.57 Å². The number of hydrogen-bond donors (Lipinski definition) is 1. The summed E-state index contributed by atoms with van der Waals surface area (Å²) in [4.78, 5) is 43.3. The van der Waals surface area contributed by atoms with Gasteiger partial charge in [0.1, 0.15) is 12.4 Å². The van der Waals surface area contributed by atoms with Gasteiger partial charge >= 0.3 is 11.7 Å². The van der Waals surface area contributed by atoms with Gasteiger partial charge in [0.15, 0.2) is 11.2 Å². The number of benzene rings is 2. The number of aliphatic carboxylic acids is 1. The van der Waals surface area contributed by atoms with E-state index < -0.39 is 29.9 Å². The number of rotatable bonds is 6. The molecule has 0 amide bonds. The molecular weight excluding hydrogens is 511 g/mol. The lowest BCUT2D eigenvalue weighted by molar-refractivity contribution is -0.137. The molecule has 1 atom stereocenters. The third-order valence-corrected chi connectivity index (χ3v) is 6.37. The van der Waals surface area contributed by atoms with Crippen LogP contribution in [0.2, 0.25) is 10.0 Å². The van der Waals surface area contributed by atoms with Crippen LogP contribution in [0.4, 0.5) is 0 Å². The summed E-state index contributed by atoms with van der Waals surface area (Å²) in [5.74, 6) is -1.03. The number of nitrogens with zero attached hydrogens (tertiary/aromatic N) is 4. The molecule has 36 heavy (non-hydrogen) atoms. The molecule has 3 heterocycles. The Morgan fingerprint density at radius 1 is 1.06 bits per heavy atom. The first-order chi connectivity index (χ1) is 17.3. The van der Waals surface area contributed by atoms with E-state index in [9.17, 15) is 19.5 Å². The van der Waals surface area contributed by atoms with Crippen molar-refractivity contribution in [3.05, 3.63) is 79.4 Å². The maximum Gasteiger partial charge on any atom is 0.333 e. The second-order valence-corrected chi connectivity index (χ2v) is 8.99. The summed E-state index contributed by atoms with van der Waals surface area (Å²) in [7, 11) is 0. The predicted octanol–water partition coefficient (Wildman–Crippen LogP) is 2.82. The molecule has 1 fully saturated rings. The predicted molar refractivity (Wildman–Crippen MR) is 133 cm³/mol. The fourth-order valence-electron chi connectivity index (χ4n) is 4.19. The van der Waals surface area contributed by atoms with Crippen LogP contribution in [0, 0.1) is 0 Å². The molecule has 1 unspecified atom stereocenters. The van der Waals surface area contributed by atoms with Crippen molar-refractivity contribution in [1.82, 2.24) is 18.7 Å². The van der Waals surface area contributed by atoms with Crippen molar-refractivity contribution >= 4 is 40.3 Å². The van der Waals surface area contributed by atoms with Crippen molar-refractivity contribution < 1.29 is 19.4 Å². The second-order valence-electron chi connectivity index (χ2n) is 8.15. The third-order valence-electron chi connectivity index (χ3n) is 5.79. The van der Waals surface area contributed by atoms with Gasteiger partial charge < -0.3 is 14.6 Å². The molecule has 10 nitrogen and oxygen atoms in total. The van der Waals surface area contributed by atoms with E-state index in [-0.39, 0.29) is 24.3 Å². The largest absolute Gasteiger partial charge is 0.480 e. The maximum absolute atomic E-state index is 13.6. The molecule has 0 bridgehead atoms. The fourth-order valence-corrected chi connectivity index (χ4v) is 4.54. The zero-order valence-electron chi connectivity index (χ0n) is 18.8. The Kier molecular flexibility index (Phi) is 6.67. The Morgan fingerprint density at radius 3 is 2.47 bits per heavy atom. The minimum Gasteiger partial charge on any atom is -0.480 e. The zero-order valence-corrected chi connectivity index (χ0v) is 20.3. The first-order valence-corrected chi connectivity index (χ1v) is 11.8. The summed E-state index contributed by atoms with van der Waals surface area (Å²) in [6, 6.07) is 13.7. The number of aromatic nitrogens is 4.